The summed E-state index contributed by atoms with van der Waals surface area (Å²) < 4.78 is 29.7. The predicted octanol–water partition coefficient (Wildman–Crippen LogP) is 0.925. The Hall–Kier alpha value is -2.06. The van der Waals surface area contributed by atoms with Crippen LogP contribution in [0, 0.1) is 0 Å². The van der Waals surface area contributed by atoms with Crippen molar-refractivity contribution in [1.82, 2.24) is 9.78 Å². The van der Waals surface area contributed by atoms with E-state index in [4.69, 9.17) is 15.6 Å². The maximum atomic E-state index is 11.3. The van der Waals surface area contributed by atoms with E-state index in [2.05, 4.69) is 5.10 Å². The van der Waals surface area contributed by atoms with E-state index in [0.717, 1.165) is 0 Å². The zero-order chi connectivity index (χ0) is 14.0. The van der Waals surface area contributed by atoms with Crippen LogP contribution in [0.4, 0.5) is 5.69 Å². The minimum atomic E-state index is -3.79. The summed E-state index contributed by atoms with van der Waals surface area (Å²) in [5.41, 5.74) is 6.05. The topological polar surface area (TPSA) is 113 Å². The molecule has 0 fully saturated rings. The molecular weight excluding hydrogens is 268 g/mol. The van der Waals surface area contributed by atoms with E-state index in [1.54, 1.807) is 10.9 Å². The highest BCUT2D eigenvalue weighted by Gasteiger charge is 2.12. The number of nitrogens with two attached hydrogens (primary N) is 2. The number of nitrogens with zero attached hydrogens (tertiary/aromatic N) is 2. The van der Waals surface area contributed by atoms with Gasteiger partial charge in [0, 0.05) is 12.6 Å². The first-order valence-corrected chi connectivity index (χ1v) is 7.07. The Balaban J connectivity index is 2.34. The fourth-order valence-electron chi connectivity index (χ4n) is 1.48. The molecule has 0 radical (unpaired) electrons. The summed E-state index contributed by atoms with van der Waals surface area (Å²) in [6.45, 7) is 2.64. The molecular formula is C11H14N4O3S. The monoisotopic (exact) mass is 282 g/mol. The molecule has 1 heterocycles. The van der Waals surface area contributed by atoms with E-state index in [1.807, 2.05) is 6.92 Å². The van der Waals surface area contributed by atoms with Crippen LogP contribution >= 0.6 is 0 Å². The van der Waals surface area contributed by atoms with E-state index >= 15 is 0 Å². The molecule has 0 aliphatic carbocycles. The van der Waals surface area contributed by atoms with Crippen molar-refractivity contribution in [2.45, 2.75) is 18.4 Å². The second-order valence-electron chi connectivity index (χ2n) is 3.88. The zero-order valence-electron chi connectivity index (χ0n) is 10.3. The predicted molar refractivity (Wildman–Crippen MR) is 70.2 cm³/mol. The number of rotatable bonds is 4. The van der Waals surface area contributed by atoms with Gasteiger partial charge in [0.15, 0.2) is 11.5 Å². The Kier molecular flexibility index (Phi) is 3.45. The van der Waals surface area contributed by atoms with Crippen molar-refractivity contribution in [1.29, 1.82) is 0 Å². The summed E-state index contributed by atoms with van der Waals surface area (Å²) in [7, 11) is -3.79. The molecule has 1 aromatic heterocycles. The number of benzene rings is 1. The van der Waals surface area contributed by atoms with E-state index in [9.17, 15) is 8.42 Å². The number of hydrogen-bond donors (Lipinski definition) is 2. The quantitative estimate of drug-likeness (QED) is 0.810. The molecule has 0 spiro atoms. The first-order valence-electron chi connectivity index (χ1n) is 5.53. The lowest BCUT2D eigenvalue weighted by Gasteiger charge is -2.07. The Morgan fingerprint density at radius 1 is 1.42 bits per heavy atom. The van der Waals surface area contributed by atoms with Gasteiger partial charge in [-0.1, -0.05) is 0 Å². The van der Waals surface area contributed by atoms with Gasteiger partial charge < -0.3 is 10.5 Å². The SMILES string of the molecule is CCn1cc(Oc2cc(S(N)(=O)=O)ccc2N)cn1. The standard InChI is InChI=1S/C11H14N4O3S/c1-2-15-7-8(6-14-15)18-11-5-9(19(13,16)17)3-4-10(11)12/h3-7H,2,12H2,1H3,(H2,13,16,17). The molecule has 0 aliphatic heterocycles. The van der Waals surface area contributed by atoms with Gasteiger partial charge in [-0.15, -0.1) is 0 Å². The minimum Gasteiger partial charge on any atom is -0.452 e. The summed E-state index contributed by atoms with van der Waals surface area (Å²) in [6, 6.07) is 4.04. The Bertz CT molecular complexity index is 694. The van der Waals surface area contributed by atoms with Crippen molar-refractivity contribution in [2.24, 2.45) is 5.14 Å². The van der Waals surface area contributed by atoms with Crippen LogP contribution < -0.4 is 15.6 Å². The smallest absolute Gasteiger partial charge is 0.238 e. The number of primary sulfonamides is 1. The molecule has 0 saturated heterocycles. The third-order valence-corrected chi connectivity index (χ3v) is 3.39. The maximum absolute atomic E-state index is 11.3. The van der Waals surface area contributed by atoms with Crippen molar-refractivity contribution in [3.8, 4) is 11.5 Å². The lowest BCUT2D eigenvalue weighted by atomic mass is 10.3. The number of aryl methyl sites for hydroxylation is 1. The van der Waals surface area contributed by atoms with Gasteiger partial charge in [-0.05, 0) is 19.1 Å². The Morgan fingerprint density at radius 2 is 2.16 bits per heavy atom. The molecule has 19 heavy (non-hydrogen) atoms. The van der Waals surface area contributed by atoms with Crippen molar-refractivity contribution in [3.05, 3.63) is 30.6 Å². The average Bonchev–Trinajstić information content (AvgIpc) is 2.78. The van der Waals surface area contributed by atoms with E-state index in [-0.39, 0.29) is 10.6 Å². The van der Waals surface area contributed by atoms with Crippen molar-refractivity contribution < 1.29 is 13.2 Å². The summed E-state index contributed by atoms with van der Waals surface area (Å²) >= 11 is 0. The van der Waals surface area contributed by atoms with Crippen LogP contribution in [-0.4, -0.2) is 18.2 Å². The molecule has 0 saturated carbocycles. The maximum Gasteiger partial charge on any atom is 0.238 e. The van der Waals surface area contributed by atoms with Crippen LogP contribution in [0.5, 0.6) is 11.5 Å². The van der Waals surface area contributed by atoms with Crippen LogP contribution in [0.25, 0.3) is 0 Å². The number of ether oxygens (including phenoxy) is 1. The largest absolute Gasteiger partial charge is 0.452 e. The summed E-state index contributed by atoms with van der Waals surface area (Å²) in [5, 5.41) is 9.09. The molecule has 0 atom stereocenters. The normalized spacial score (nSPS) is 11.5. The van der Waals surface area contributed by atoms with Crippen molar-refractivity contribution >= 4 is 15.7 Å². The summed E-state index contributed by atoms with van der Waals surface area (Å²) in [5.74, 6) is 0.697. The molecule has 0 amide bonds. The number of hydrogen-bond acceptors (Lipinski definition) is 5. The number of aromatic nitrogens is 2. The highest BCUT2D eigenvalue weighted by molar-refractivity contribution is 7.89. The van der Waals surface area contributed by atoms with Crippen molar-refractivity contribution in [3.63, 3.8) is 0 Å². The highest BCUT2D eigenvalue weighted by atomic mass is 32.2. The van der Waals surface area contributed by atoms with Gasteiger partial charge in [-0.2, -0.15) is 5.10 Å². The molecule has 2 aromatic rings. The van der Waals surface area contributed by atoms with E-state index in [0.29, 0.717) is 18.0 Å². The average molecular weight is 282 g/mol. The van der Waals surface area contributed by atoms with Gasteiger partial charge in [0.05, 0.1) is 23.0 Å². The van der Waals surface area contributed by atoms with Gasteiger partial charge in [-0.3, -0.25) is 4.68 Å². The first-order chi connectivity index (χ1) is 8.90. The Labute approximate surface area is 110 Å². The number of nitrogen functional groups attached to an aromatic ring is 1. The van der Waals surface area contributed by atoms with Crippen LogP contribution in [0.15, 0.2) is 35.5 Å². The lowest BCUT2D eigenvalue weighted by molar-refractivity contribution is 0.481. The third-order valence-electron chi connectivity index (χ3n) is 2.47. The highest BCUT2D eigenvalue weighted by Crippen LogP contribution is 2.29. The molecule has 102 valence electrons. The lowest BCUT2D eigenvalue weighted by Crippen LogP contribution is -2.12. The van der Waals surface area contributed by atoms with E-state index < -0.39 is 10.0 Å². The molecule has 0 bridgehead atoms. The second-order valence-corrected chi connectivity index (χ2v) is 5.44. The summed E-state index contributed by atoms with van der Waals surface area (Å²) in [6.07, 6.45) is 3.20. The number of sulfonamides is 1. The second kappa shape index (κ2) is 4.90. The van der Waals surface area contributed by atoms with E-state index in [1.165, 1.54) is 24.4 Å². The molecule has 0 unspecified atom stereocenters. The van der Waals surface area contributed by atoms with Gasteiger partial charge in [0.25, 0.3) is 0 Å². The van der Waals surface area contributed by atoms with Gasteiger partial charge in [0.1, 0.15) is 0 Å². The van der Waals surface area contributed by atoms with Gasteiger partial charge in [0.2, 0.25) is 10.0 Å². The summed E-state index contributed by atoms with van der Waals surface area (Å²) in [4.78, 5) is -0.0559. The molecule has 8 heteroatoms. The third kappa shape index (κ3) is 3.04. The minimum absolute atomic E-state index is 0.0559. The molecule has 2 rings (SSSR count). The molecule has 1 aromatic carbocycles. The molecule has 7 nitrogen and oxygen atoms in total. The van der Waals surface area contributed by atoms with Crippen LogP contribution in [-0.2, 0) is 16.6 Å². The number of anilines is 1. The zero-order valence-corrected chi connectivity index (χ0v) is 11.1. The molecule has 0 aliphatic rings. The van der Waals surface area contributed by atoms with Gasteiger partial charge >= 0.3 is 0 Å². The molecule has 4 N–H and O–H groups in total. The Morgan fingerprint density at radius 3 is 2.74 bits per heavy atom. The fraction of sp³-hybridized carbons (Fsp3) is 0.182. The van der Waals surface area contributed by atoms with Gasteiger partial charge in [-0.25, -0.2) is 13.6 Å². The van der Waals surface area contributed by atoms with Crippen LogP contribution in [0.1, 0.15) is 6.92 Å². The van der Waals surface area contributed by atoms with Crippen LogP contribution in [0.3, 0.4) is 0 Å². The fourth-order valence-corrected chi connectivity index (χ4v) is 2.01. The first kappa shape index (κ1) is 13.4. The van der Waals surface area contributed by atoms with Crippen molar-refractivity contribution in [2.75, 3.05) is 5.73 Å². The van der Waals surface area contributed by atoms with Crippen LogP contribution in [0.2, 0.25) is 0 Å².